The van der Waals surface area contributed by atoms with Gasteiger partial charge < -0.3 is 26.4 Å². The molecule has 1 aromatic heterocycles. The molecule has 3 amide bonds. The zero-order chi connectivity index (χ0) is 31.1. The van der Waals surface area contributed by atoms with Crippen LogP contribution in [0, 0.1) is 0 Å². The van der Waals surface area contributed by atoms with Gasteiger partial charge in [0.1, 0.15) is 18.0 Å². The minimum atomic E-state index is -1.16. The van der Waals surface area contributed by atoms with Crippen LogP contribution in [-0.2, 0) is 25.5 Å². The monoisotopic (exact) mass is 604 g/mol. The first-order valence-corrected chi connectivity index (χ1v) is 13.4. The number of hydrogen-bond donors (Lipinski definition) is 4. The number of esters is 1. The fourth-order valence-electron chi connectivity index (χ4n) is 3.84. The van der Waals surface area contributed by atoms with E-state index in [0.29, 0.717) is 33.2 Å². The lowest BCUT2D eigenvalue weighted by molar-refractivity contribution is -0.137. The summed E-state index contributed by atoms with van der Waals surface area (Å²) in [4.78, 5) is 51.6. The number of tetrazole rings is 1. The number of nitrogens with one attached hydrogen (secondary N) is 3. The summed E-state index contributed by atoms with van der Waals surface area (Å²) in [5, 5.41) is 18.9. The number of aromatic nitrogens is 4. The van der Waals surface area contributed by atoms with Crippen molar-refractivity contribution in [2.75, 3.05) is 16.4 Å². The molecule has 0 spiro atoms. The molecular weight excluding hydrogens is 576 g/mol. The van der Waals surface area contributed by atoms with Crippen molar-refractivity contribution in [2.24, 2.45) is 0 Å². The van der Waals surface area contributed by atoms with Gasteiger partial charge in [0.25, 0.3) is 0 Å². The van der Waals surface area contributed by atoms with Crippen molar-refractivity contribution in [1.29, 1.82) is 0 Å². The van der Waals surface area contributed by atoms with E-state index in [2.05, 4.69) is 31.5 Å². The van der Waals surface area contributed by atoms with Crippen LogP contribution in [0.5, 0.6) is 0 Å². The van der Waals surface area contributed by atoms with E-state index in [1.54, 1.807) is 57.2 Å². The molecule has 0 saturated heterocycles. The molecular formula is C29H29ClN8O5. The molecule has 14 heteroatoms. The van der Waals surface area contributed by atoms with Crippen LogP contribution in [0.2, 0.25) is 5.02 Å². The van der Waals surface area contributed by atoms with E-state index in [4.69, 9.17) is 22.1 Å². The Morgan fingerprint density at radius 1 is 0.953 bits per heavy atom. The third-order valence-corrected chi connectivity index (χ3v) is 6.07. The number of hydrogen-bond acceptors (Lipinski definition) is 9. The molecule has 0 bridgehead atoms. The molecule has 0 radical (unpaired) electrons. The second-order valence-corrected chi connectivity index (χ2v) is 10.8. The van der Waals surface area contributed by atoms with E-state index in [1.165, 1.54) is 41.3 Å². The Morgan fingerprint density at radius 2 is 1.65 bits per heavy atom. The van der Waals surface area contributed by atoms with Crippen LogP contribution in [0.3, 0.4) is 0 Å². The van der Waals surface area contributed by atoms with Crippen molar-refractivity contribution in [2.45, 2.75) is 38.8 Å². The predicted octanol–water partition coefficient (Wildman–Crippen LogP) is 3.16. The average molecular weight is 605 g/mol. The molecule has 222 valence electrons. The fraction of sp³-hybridized carbons (Fsp3) is 0.207. The molecule has 4 aromatic rings. The van der Waals surface area contributed by atoms with Crippen LogP contribution in [0.4, 0.5) is 17.1 Å². The van der Waals surface area contributed by atoms with Gasteiger partial charge in [-0.3, -0.25) is 14.4 Å². The Balaban J connectivity index is 1.50. The van der Waals surface area contributed by atoms with Gasteiger partial charge in [0.15, 0.2) is 0 Å². The number of nitrogens with zero attached hydrogens (tertiary/aromatic N) is 4. The largest absolute Gasteiger partial charge is 0.456 e. The molecule has 0 aliphatic heterocycles. The number of amides is 3. The molecule has 0 fully saturated rings. The van der Waals surface area contributed by atoms with Gasteiger partial charge in [-0.15, -0.1) is 5.10 Å². The predicted molar refractivity (Wildman–Crippen MR) is 160 cm³/mol. The highest BCUT2D eigenvalue weighted by Gasteiger charge is 2.26. The minimum absolute atomic E-state index is 0.0498. The van der Waals surface area contributed by atoms with Gasteiger partial charge in [0, 0.05) is 22.8 Å². The molecule has 1 unspecified atom stereocenters. The summed E-state index contributed by atoms with van der Waals surface area (Å²) in [5.74, 6) is -3.22. The molecule has 3 aromatic carbocycles. The smallest absolute Gasteiger partial charge is 0.338 e. The maximum atomic E-state index is 13.3. The Labute approximate surface area is 251 Å². The van der Waals surface area contributed by atoms with Crippen LogP contribution in [0.1, 0.15) is 36.7 Å². The van der Waals surface area contributed by atoms with Gasteiger partial charge in [-0.2, -0.15) is 4.68 Å². The van der Waals surface area contributed by atoms with Gasteiger partial charge in [0.05, 0.1) is 16.9 Å². The van der Waals surface area contributed by atoms with E-state index < -0.39 is 35.3 Å². The van der Waals surface area contributed by atoms with Crippen LogP contribution in [-0.4, -0.2) is 55.5 Å². The highest BCUT2D eigenvalue weighted by atomic mass is 35.5. The first-order chi connectivity index (χ1) is 20.4. The van der Waals surface area contributed by atoms with E-state index in [-0.39, 0.29) is 12.1 Å². The Kier molecular flexibility index (Phi) is 9.36. The van der Waals surface area contributed by atoms with Gasteiger partial charge in [-0.25, -0.2) is 4.79 Å². The zero-order valence-corrected chi connectivity index (χ0v) is 24.3. The summed E-state index contributed by atoms with van der Waals surface area (Å²) >= 11 is 6.10. The quantitative estimate of drug-likeness (QED) is 0.133. The maximum Gasteiger partial charge on any atom is 0.338 e. The lowest BCUT2D eigenvalue weighted by atomic mass is 10.0. The summed E-state index contributed by atoms with van der Waals surface area (Å²) in [5.41, 5.74) is 7.53. The Bertz CT molecular complexity index is 1620. The van der Waals surface area contributed by atoms with Crippen molar-refractivity contribution in [3.05, 3.63) is 89.2 Å². The fourth-order valence-corrected chi connectivity index (χ4v) is 4.01. The number of carbonyl (C=O) groups is 4. The normalized spacial score (nSPS) is 11.7. The first-order valence-electron chi connectivity index (χ1n) is 13.0. The van der Waals surface area contributed by atoms with Gasteiger partial charge >= 0.3 is 17.8 Å². The van der Waals surface area contributed by atoms with E-state index in [1.807, 2.05) is 0 Å². The summed E-state index contributed by atoms with van der Waals surface area (Å²) in [6.07, 6.45) is 1.36. The van der Waals surface area contributed by atoms with Crippen LogP contribution in [0.25, 0.3) is 5.69 Å². The lowest BCUT2D eigenvalue weighted by Crippen LogP contribution is -2.49. The second kappa shape index (κ2) is 13.1. The summed E-state index contributed by atoms with van der Waals surface area (Å²) < 4.78 is 6.65. The standard InChI is InChI=1S/C29H29ClN8O5/c1-29(2,3)43-28(42)18-6-11-21(12-7-18)33-25(39)23(14-17-4-9-20(31)10-5-17)35-27(41)26(40)34-22-15-19(30)8-13-24(22)38-16-32-36-37-38/h4-13,15-16,23H,14,31H2,1-3H3,(H,33,39)(H,34,40)(H,35,41). The van der Waals surface area contributed by atoms with Crippen molar-refractivity contribution >= 4 is 52.4 Å². The maximum absolute atomic E-state index is 13.3. The van der Waals surface area contributed by atoms with Crippen LogP contribution in [0.15, 0.2) is 73.1 Å². The second-order valence-electron chi connectivity index (χ2n) is 10.4. The number of benzene rings is 3. The van der Waals surface area contributed by atoms with Crippen LogP contribution >= 0.6 is 11.6 Å². The Morgan fingerprint density at radius 3 is 2.28 bits per heavy atom. The molecule has 0 saturated carbocycles. The highest BCUT2D eigenvalue weighted by molar-refractivity contribution is 6.40. The summed E-state index contributed by atoms with van der Waals surface area (Å²) in [6, 6.07) is 16.2. The third-order valence-electron chi connectivity index (χ3n) is 5.84. The topological polar surface area (TPSA) is 183 Å². The molecule has 1 atom stereocenters. The van der Waals surface area contributed by atoms with Crippen molar-refractivity contribution in [3.8, 4) is 5.69 Å². The molecule has 5 N–H and O–H groups in total. The average Bonchev–Trinajstić information content (AvgIpc) is 3.48. The van der Waals surface area contributed by atoms with Crippen LogP contribution < -0.4 is 21.7 Å². The number of ether oxygens (including phenoxy) is 1. The molecule has 43 heavy (non-hydrogen) atoms. The number of halogens is 1. The molecule has 13 nitrogen and oxygen atoms in total. The summed E-state index contributed by atoms with van der Waals surface area (Å²) in [6.45, 7) is 5.28. The van der Waals surface area contributed by atoms with E-state index in [9.17, 15) is 19.2 Å². The van der Waals surface area contributed by atoms with Gasteiger partial charge in [-0.1, -0.05) is 23.7 Å². The van der Waals surface area contributed by atoms with E-state index >= 15 is 0 Å². The molecule has 0 aliphatic rings. The lowest BCUT2D eigenvalue weighted by Gasteiger charge is -2.20. The number of rotatable bonds is 8. The van der Waals surface area contributed by atoms with Crippen molar-refractivity contribution in [1.82, 2.24) is 25.5 Å². The number of anilines is 3. The SMILES string of the molecule is CC(C)(C)OC(=O)c1ccc(NC(=O)C(Cc2ccc(N)cc2)NC(=O)C(=O)Nc2cc(Cl)ccc2-n2cnnn2)cc1. The third kappa shape index (κ3) is 8.60. The molecule has 4 rings (SSSR count). The number of carbonyl (C=O) groups excluding carboxylic acids is 4. The van der Waals surface area contributed by atoms with Crippen molar-refractivity contribution in [3.63, 3.8) is 0 Å². The highest BCUT2D eigenvalue weighted by Crippen LogP contribution is 2.24. The Hall–Kier alpha value is -5.30. The number of nitrogens with two attached hydrogens (primary N) is 1. The minimum Gasteiger partial charge on any atom is -0.456 e. The molecule has 0 aliphatic carbocycles. The summed E-state index contributed by atoms with van der Waals surface area (Å²) in [7, 11) is 0. The molecule has 1 heterocycles. The number of nitrogen functional groups attached to an aromatic ring is 1. The van der Waals surface area contributed by atoms with E-state index in [0.717, 1.165) is 0 Å². The first kappa shape index (κ1) is 30.7. The zero-order valence-electron chi connectivity index (χ0n) is 23.5. The van der Waals surface area contributed by atoms with Gasteiger partial charge in [0.2, 0.25) is 5.91 Å². The van der Waals surface area contributed by atoms with Gasteiger partial charge in [-0.05, 0) is 91.4 Å². The van der Waals surface area contributed by atoms with Crippen molar-refractivity contribution < 1.29 is 23.9 Å².